The first-order valence-electron chi connectivity index (χ1n) is 15.2. The maximum Gasteiger partial charge on any atom is 0.317 e. The second-order valence-electron chi connectivity index (χ2n) is 13.5. The van der Waals surface area contributed by atoms with Crippen LogP contribution in [0.3, 0.4) is 0 Å². The molecule has 0 radical (unpaired) electrons. The number of rotatable bonds is 3. The second kappa shape index (κ2) is 10.4. The number of fused-ring (bicyclic) bond motifs is 3. The number of esters is 3. The minimum absolute atomic E-state index is 0.0888. The predicted molar refractivity (Wildman–Crippen MR) is 138 cm³/mol. The van der Waals surface area contributed by atoms with Gasteiger partial charge in [-0.2, -0.15) is 0 Å². The molecule has 0 spiro atoms. The summed E-state index contributed by atoms with van der Waals surface area (Å²) in [4.78, 5) is 34.5. The standard InChI is InChI=1S/C25H40O2.C6H8O3/c1-16-17(2)21-14-19(16)15-22(21)24(26)27-25(12-5-6-13-25)23-11-7-9-18-8-3-4-10-20(18)23;1-3-4(2)6(8)9-5(3)7/h16-23H,3-15H2,1-2H3;3-4H,1-2H3. The van der Waals surface area contributed by atoms with E-state index in [1.165, 1.54) is 64.2 Å². The number of cyclic esters (lactones) is 2. The minimum atomic E-state index is -0.396. The van der Waals surface area contributed by atoms with Crippen LogP contribution in [-0.2, 0) is 23.9 Å². The van der Waals surface area contributed by atoms with Crippen LogP contribution in [0.1, 0.15) is 111 Å². The summed E-state index contributed by atoms with van der Waals surface area (Å²) in [5.41, 5.74) is -0.0888. The zero-order valence-corrected chi connectivity index (χ0v) is 23.0. The third kappa shape index (κ3) is 4.66. The average Bonchev–Trinajstić information content (AvgIpc) is 3.64. The third-order valence-electron chi connectivity index (χ3n) is 11.9. The van der Waals surface area contributed by atoms with Crippen LogP contribution in [0.4, 0.5) is 0 Å². The minimum Gasteiger partial charge on any atom is -0.459 e. The van der Waals surface area contributed by atoms with Crippen molar-refractivity contribution >= 4 is 17.9 Å². The van der Waals surface area contributed by atoms with Crippen LogP contribution in [0.5, 0.6) is 0 Å². The molecule has 2 bridgehead atoms. The predicted octanol–water partition coefficient (Wildman–Crippen LogP) is 6.72. The van der Waals surface area contributed by atoms with Gasteiger partial charge in [-0.3, -0.25) is 14.4 Å². The van der Waals surface area contributed by atoms with Crippen LogP contribution >= 0.6 is 0 Å². The Bertz CT molecular complexity index is 822. The summed E-state index contributed by atoms with van der Waals surface area (Å²) in [6.45, 7) is 8.17. The van der Waals surface area contributed by atoms with E-state index >= 15 is 0 Å². The number of ether oxygens (including phenoxy) is 2. The normalized spacial score (nSPS) is 45.0. The summed E-state index contributed by atoms with van der Waals surface area (Å²) >= 11 is 0. The molecule has 0 amide bonds. The molecule has 36 heavy (non-hydrogen) atoms. The quantitative estimate of drug-likeness (QED) is 0.318. The highest BCUT2D eigenvalue weighted by atomic mass is 16.6. The van der Waals surface area contributed by atoms with Crippen LogP contribution < -0.4 is 0 Å². The van der Waals surface area contributed by atoms with Crippen LogP contribution in [0.15, 0.2) is 0 Å². The molecule has 202 valence electrons. The van der Waals surface area contributed by atoms with E-state index in [0.717, 1.165) is 42.9 Å². The molecule has 1 aliphatic heterocycles. The third-order valence-corrected chi connectivity index (χ3v) is 11.9. The topological polar surface area (TPSA) is 69.7 Å². The van der Waals surface area contributed by atoms with Crippen LogP contribution in [0, 0.1) is 59.2 Å². The van der Waals surface area contributed by atoms with Crippen molar-refractivity contribution in [1.29, 1.82) is 0 Å². The number of hydrogen-bond donors (Lipinski definition) is 0. The summed E-state index contributed by atoms with van der Waals surface area (Å²) in [7, 11) is 0. The van der Waals surface area contributed by atoms with Gasteiger partial charge in [0.05, 0.1) is 17.8 Å². The van der Waals surface area contributed by atoms with Gasteiger partial charge in [0.2, 0.25) is 0 Å². The van der Waals surface area contributed by atoms with Crippen molar-refractivity contribution in [3.05, 3.63) is 0 Å². The highest BCUT2D eigenvalue weighted by Gasteiger charge is 2.55. The van der Waals surface area contributed by atoms with Gasteiger partial charge in [-0.1, -0.05) is 59.8 Å². The molecule has 0 aromatic carbocycles. The molecule has 5 heteroatoms. The van der Waals surface area contributed by atoms with E-state index in [0.29, 0.717) is 17.8 Å². The molecule has 5 saturated carbocycles. The molecule has 1 heterocycles. The van der Waals surface area contributed by atoms with Gasteiger partial charge in [0.1, 0.15) is 5.60 Å². The Morgan fingerprint density at radius 1 is 0.750 bits per heavy atom. The van der Waals surface area contributed by atoms with Crippen LogP contribution in [0.2, 0.25) is 0 Å². The van der Waals surface area contributed by atoms with E-state index in [4.69, 9.17) is 4.74 Å². The SMILES string of the molecule is CC1C(=O)OC(=O)C1C.CC1C2CC(C(=O)OC3(C4CCCC5CCCCC54)CCCC3)C(C2)C1C. The molecule has 6 aliphatic rings. The Balaban J connectivity index is 0.000000252. The van der Waals surface area contributed by atoms with Crippen molar-refractivity contribution in [2.45, 2.75) is 117 Å². The molecular weight excluding hydrogens is 452 g/mol. The molecule has 10 atom stereocenters. The fourth-order valence-corrected chi connectivity index (χ4v) is 9.29. The monoisotopic (exact) mass is 500 g/mol. The first-order valence-corrected chi connectivity index (χ1v) is 15.2. The van der Waals surface area contributed by atoms with Gasteiger partial charge in [-0.05, 0) is 86.9 Å². The Hall–Kier alpha value is -1.39. The summed E-state index contributed by atoms with van der Waals surface area (Å²) in [6.07, 6.45) is 17.0. The zero-order valence-electron chi connectivity index (χ0n) is 23.0. The van der Waals surface area contributed by atoms with E-state index in [-0.39, 0.29) is 29.3 Å². The zero-order chi connectivity index (χ0) is 25.6. The fourth-order valence-electron chi connectivity index (χ4n) is 9.29. The summed E-state index contributed by atoms with van der Waals surface area (Å²) in [5.74, 6) is 4.45. The smallest absolute Gasteiger partial charge is 0.317 e. The maximum absolute atomic E-state index is 13.4. The van der Waals surface area contributed by atoms with Gasteiger partial charge < -0.3 is 9.47 Å². The van der Waals surface area contributed by atoms with Crippen molar-refractivity contribution in [2.24, 2.45) is 59.2 Å². The maximum atomic E-state index is 13.4. The highest BCUT2D eigenvalue weighted by Crippen LogP contribution is 2.57. The molecule has 0 aromatic rings. The lowest BCUT2D eigenvalue weighted by Crippen LogP contribution is -2.49. The summed E-state index contributed by atoms with van der Waals surface area (Å²) < 4.78 is 11.0. The van der Waals surface area contributed by atoms with Gasteiger partial charge in [-0.25, -0.2) is 0 Å². The highest BCUT2D eigenvalue weighted by molar-refractivity contribution is 5.95. The van der Waals surface area contributed by atoms with Crippen molar-refractivity contribution in [1.82, 2.24) is 0 Å². The van der Waals surface area contributed by atoms with Gasteiger partial charge in [-0.15, -0.1) is 0 Å². The molecule has 6 rings (SSSR count). The fraction of sp³-hybridized carbons (Fsp3) is 0.903. The lowest BCUT2D eigenvalue weighted by atomic mass is 9.60. The average molecular weight is 501 g/mol. The Labute approximate surface area is 217 Å². The van der Waals surface area contributed by atoms with Crippen LogP contribution in [-0.4, -0.2) is 23.5 Å². The second-order valence-corrected chi connectivity index (χ2v) is 13.5. The molecule has 0 aromatic heterocycles. The molecule has 1 saturated heterocycles. The summed E-state index contributed by atoms with van der Waals surface area (Å²) in [6, 6.07) is 0. The lowest BCUT2D eigenvalue weighted by Gasteiger charge is -2.49. The van der Waals surface area contributed by atoms with Gasteiger partial charge in [0, 0.05) is 5.92 Å². The first-order chi connectivity index (χ1) is 17.2. The molecular formula is C31H48O5. The first kappa shape index (κ1) is 26.2. The van der Waals surface area contributed by atoms with Gasteiger partial charge >= 0.3 is 17.9 Å². The Kier molecular flexibility index (Phi) is 7.58. The van der Waals surface area contributed by atoms with Gasteiger partial charge in [0.25, 0.3) is 0 Å². The van der Waals surface area contributed by atoms with Crippen LogP contribution in [0.25, 0.3) is 0 Å². The van der Waals surface area contributed by atoms with Gasteiger partial charge in [0.15, 0.2) is 0 Å². The summed E-state index contributed by atoms with van der Waals surface area (Å²) in [5, 5.41) is 0. The van der Waals surface area contributed by atoms with E-state index in [2.05, 4.69) is 18.6 Å². The van der Waals surface area contributed by atoms with E-state index in [1.807, 2.05) is 0 Å². The largest absolute Gasteiger partial charge is 0.459 e. The van der Waals surface area contributed by atoms with E-state index in [9.17, 15) is 14.4 Å². The van der Waals surface area contributed by atoms with E-state index in [1.54, 1.807) is 13.8 Å². The Morgan fingerprint density at radius 2 is 1.39 bits per heavy atom. The number of carbonyl (C=O) groups excluding carboxylic acids is 3. The number of carbonyl (C=O) groups is 3. The van der Waals surface area contributed by atoms with Crippen molar-refractivity contribution in [3.63, 3.8) is 0 Å². The lowest BCUT2D eigenvalue weighted by molar-refractivity contribution is -0.181. The molecule has 10 unspecified atom stereocenters. The van der Waals surface area contributed by atoms with Crippen molar-refractivity contribution in [2.75, 3.05) is 0 Å². The van der Waals surface area contributed by atoms with Crippen molar-refractivity contribution < 1.29 is 23.9 Å². The molecule has 5 nitrogen and oxygen atoms in total. The Morgan fingerprint density at radius 3 is 1.97 bits per heavy atom. The molecule has 6 fully saturated rings. The molecule has 0 N–H and O–H groups in total. The number of hydrogen-bond acceptors (Lipinski definition) is 5. The molecule has 5 aliphatic carbocycles. The van der Waals surface area contributed by atoms with Crippen molar-refractivity contribution in [3.8, 4) is 0 Å². The van der Waals surface area contributed by atoms with E-state index < -0.39 is 11.9 Å².